The summed E-state index contributed by atoms with van der Waals surface area (Å²) in [5.74, 6) is 0.500. The molecule has 0 saturated heterocycles. The number of aromatic nitrogens is 3. The minimum atomic E-state index is -0.372. The van der Waals surface area contributed by atoms with Crippen molar-refractivity contribution >= 4 is 29.3 Å². The third-order valence-corrected chi connectivity index (χ3v) is 6.14. The monoisotopic (exact) mass is 463 g/mol. The van der Waals surface area contributed by atoms with E-state index in [4.69, 9.17) is 0 Å². The molecule has 0 bridgehead atoms. The Labute approximate surface area is 198 Å². The fourth-order valence-corrected chi connectivity index (χ4v) is 4.22. The molecule has 0 aliphatic carbocycles. The van der Waals surface area contributed by atoms with Crippen LogP contribution >= 0.6 is 11.8 Å². The first-order valence-corrected chi connectivity index (χ1v) is 11.7. The van der Waals surface area contributed by atoms with Crippen LogP contribution in [0.4, 0.5) is 5.69 Å². The highest BCUT2D eigenvalue weighted by molar-refractivity contribution is 7.99. The molecule has 3 rings (SSSR count). The quantitative estimate of drug-likeness (QED) is 0.357. The fourth-order valence-electron chi connectivity index (χ4n) is 3.46. The van der Waals surface area contributed by atoms with Gasteiger partial charge in [0.25, 0.3) is 5.91 Å². The van der Waals surface area contributed by atoms with Gasteiger partial charge in [0.1, 0.15) is 0 Å². The van der Waals surface area contributed by atoms with Crippen LogP contribution in [0.1, 0.15) is 45.8 Å². The molecule has 0 spiro atoms. The second-order valence-corrected chi connectivity index (χ2v) is 8.85. The average molecular weight is 464 g/mol. The van der Waals surface area contributed by atoms with Crippen LogP contribution in [0.15, 0.2) is 60.3 Å². The summed E-state index contributed by atoms with van der Waals surface area (Å²) in [6.45, 7) is 12.0. The molecule has 1 atom stereocenters. The number of rotatable bonds is 9. The molecule has 172 valence electrons. The lowest BCUT2D eigenvalue weighted by Crippen LogP contribution is -2.29. The summed E-state index contributed by atoms with van der Waals surface area (Å²) in [5.41, 5.74) is 4.49. The highest BCUT2D eigenvalue weighted by atomic mass is 32.2. The summed E-state index contributed by atoms with van der Waals surface area (Å²) in [7, 11) is 0. The van der Waals surface area contributed by atoms with Gasteiger partial charge in [-0.1, -0.05) is 53.7 Å². The first-order chi connectivity index (χ1) is 15.8. The van der Waals surface area contributed by atoms with Crippen molar-refractivity contribution < 1.29 is 9.59 Å². The van der Waals surface area contributed by atoms with E-state index in [9.17, 15) is 9.59 Å². The van der Waals surface area contributed by atoms with Crippen LogP contribution in [0.2, 0.25) is 0 Å². The number of thioether (sulfide) groups is 1. The minimum absolute atomic E-state index is 0.123. The lowest BCUT2D eigenvalue weighted by atomic mass is 10.1. The van der Waals surface area contributed by atoms with Gasteiger partial charge in [0.15, 0.2) is 11.0 Å². The summed E-state index contributed by atoms with van der Waals surface area (Å²) in [6.07, 6.45) is 1.74. The van der Waals surface area contributed by atoms with E-state index in [1.54, 1.807) is 12.1 Å². The number of carbonyl (C=O) groups is 2. The smallest absolute Gasteiger partial charge is 0.252 e. The Kier molecular flexibility index (Phi) is 8.06. The highest BCUT2D eigenvalue weighted by Crippen LogP contribution is 2.22. The minimum Gasteiger partial charge on any atom is -0.342 e. The Morgan fingerprint density at radius 1 is 1.12 bits per heavy atom. The molecule has 2 aromatic carbocycles. The second-order valence-electron chi connectivity index (χ2n) is 7.91. The predicted octanol–water partition coefficient (Wildman–Crippen LogP) is 4.61. The number of allylic oxidation sites excluding steroid dienone is 1. The van der Waals surface area contributed by atoms with E-state index >= 15 is 0 Å². The zero-order valence-corrected chi connectivity index (χ0v) is 20.2. The second kappa shape index (κ2) is 11.0. The third kappa shape index (κ3) is 6.10. The van der Waals surface area contributed by atoms with Crippen molar-refractivity contribution in [3.63, 3.8) is 0 Å². The summed E-state index contributed by atoms with van der Waals surface area (Å²) >= 11 is 1.30. The van der Waals surface area contributed by atoms with E-state index in [0.29, 0.717) is 23.1 Å². The summed E-state index contributed by atoms with van der Waals surface area (Å²) in [6, 6.07) is 13.0. The van der Waals surface area contributed by atoms with Gasteiger partial charge < -0.3 is 15.2 Å². The van der Waals surface area contributed by atoms with Gasteiger partial charge in [0, 0.05) is 17.8 Å². The molecule has 8 heteroatoms. The van der Waals surface area contributed by atoms with Gasteiger partial charge in [-0.2, -0.15) is 0 Å². The van der Waals surface area contributed by atoms with Gasteiger partial charge >= 0.3 is 0 Å². The molecule has 1 aromatic heterocycles. The highest BCUT2D eigenvalue weighted by Gasteiger charge is 2.21. The summed E-state index contributed by atoms with van der Waals surface area (Å²) in [4.78, 5) is 25.2. The molecular formula is C25H29N5O2S. The van der Waals surface area contributed by atoms with E-state index < -0.39 is 0 Å². The molecule has 33 heavy (non-hydrogen) atoms. The van der Waals surface area contributed by atoms with Crippen molar-refractivity contribution in [1.29, 1.82) is 0 Å². The Morgan fingerprint density at radius 2 is 1.88 bits per heavy atom. The fraction of sp³-hybridized carbons (Fsp3) is 0.280. The summed E-state index contributed by atoms with van der Waals surface area (Å²) < 4.78 is 1.87. The van der Waals surface area contributed by atoms with E-state index in [-0.39, 0.29) is 23.6 Å². The Balaban J connectivity index is 1.68. The molecule has 1 heterocycles. The maximum atomic E-state index is 12.7. The van der Waals surface area contributed by atoms with Crippen molar-refractivity contribution in [2.75, 3.05) is 11.1 Å². The number of anilines is 1. The van der Waals surface area contributed by atoms with Gasteiger partial charge in [0.2, 0.25) is 5.91 Å². The van der Waals surface area contributed by atoms with Gasteiger partial charge in [0.05, 0.1) is 11.8 Å². The molecule has 0 fully saturated rings. The van der Waals surface area contributed by atoms with Crippen LogP contribution < -0.4 is 10.6 Å². The van der Waals surface area contributed by atoms with E-state index in [2.05, 4.69) is 27.4 Å². The lowest BCUT2D eigenvalue weighted by molar-refractivity contribution is -0.113. The van der Waals surface area contributed by atoms with Crippen molar-refractivity contribution in [1.82, 2.24) is 20.1 Å². The Bertz CT molecular complexity index is 1170. The number of nitrogens with one attached hydrogen (secondary N) is 2. The van der Waals surface area contributed by atoms with E-state index in [1.807, 2.05) is 68.7 Å². The molecule has 0 radical (unpaired) electrons. The molecule has 0 unspecified atom stereocenters. The van der Waals surface area contributed by atoms with Gasteiger partial charge in [-0.15, -0.1) is 16.8 Å². The molecule has 3 aromatic rings. The van der Waals surface area contributed by atoms with Crippen molar-refractivity contribution in [3.8, 4) is 0 Å². The van der Waals surface area contributed by atoms with Gasteiger partial charge in [-0.3, -0.25) is 9.59 Å². The summed E-state index contributed by atoms with van der Waals surface area (Å²) in [5, 5.41) is 15.1. The maximum absolute atomic E-state index is 12.7. The molecule has 7 nitrogen and oxygen atoms in total. The normalized spacial score (nSPS) is 11.6. The maximum Gasteiger partial charge on any atom is 0.252 e. The van der Waals surface area contributed by atoms with Crippen LogP contribution in [0.25, 0.3) is 0 Å². The molecule has 0 saturated carbocycles. The number of benzene rings is 2. The standard InChI is InChI=1S/C25H29N5O2S/c1-6-13-30-23(19(5)26-24(32)20-10-8-7-9-17(20)3)28-29-25(30)33-15-22(31)27-21-12-11-16(2)14-18(21)4/h6-12,14,19H,1,13,15H2,2-5H3,(H,26,32)(H,27,31)/t19-/m0/s1. The van der Waals surface area contributed by atoms with Crippen molar-refractivity contribution in [2.45, 2.75) is 45.4 Å². The van der Waals surface area contributed by atoms with Crippen LogP contribution in [0.5, 0.6) is 0 Å². The van der Waals surface area contributed by atoms with Crippen molar-refractivity contribution in [2.24, 2.45) is 0 Å². The molecule has 0 aliphatic heterocycles. The van der Waals surface area contributed by atoms with Gasteiger partial charge in [-0.05, 0) is 51.0 Å². The van der Waals surface area contributed by atoms with Crippen LogP contribution in [0.3, 0.4) is 0 Å². The lowest BCUT2D eigenvalue weighted by Gasteiger charge is -2.16. The number of nitrogens with zero attached hydrogens (tertiary/aromatic N) is 3. The molecule has 0 aliphatic rings. The van der Waals surface area contributed by atoms with Crippen molar-refractivity contribution in [3.05, 3.63) is 83.2 Å². The predicted molar refractivity (Wildman–Crippen MR) is 133 cm³/mol. The molecular weight excluding hydrogens is 434 g/mol. The van der Waals surface area contributed by atoms with E-state index in [0.717, 1.165) is 22.4 Å². The largest absolute Gasteiger partial charge is 0.342 e. The number of hydrogen-bond acceptors (Lipinski definition) is 5. The van der Waals surface area contributed by atoms with Gasteiger partial charge in [-0.25, -0.2) is 0 Å². The Hall–Kier alpha value is -3.39. The van der Waals surface area contributed by atoms with Crippen LogP contribution in [0, 0.1) is 20.8 Å². The molecule has 2 amide bonds. The first kappa shape index (κ1) is 24.3. The number of amides is 2. The van der Waals surface area contributed by atoms with Crippen LogP contribution in [-0.2, 0) is 11.3 Å². The number of aryl methyl sites for hydroxylation is 3. The SMILES string of the molecule is C=CCn1c(SCC(=O)Nc2ccc(C)cc2C)nnc1[C@H](C)NC(=O)c1ccccc1C. The topological polar surface area (TPSA) is 88.9 Å². The third-order valence-electron chi connectivity index (χ3n) is 5.17. The first-order valence-electron chi connectivity index (χ1n) is 10.7. The van der Waals surface area contributed by atoms with Crippen LogP contribution in [-0.4, -0.2) is 32.3 Å². The average Bonchev–Trinajstić information content (AvgIpc) is 3.17. The number of hydrogen-bond donors (Lipinski definition) is 2. The van der Waals surface area contributed by atoms with E-state index in [1.165, 1.54) is 11.8 Å². The zero-order chi connectivity index (χ0) is 24.0. The molecule has 2 N–H and O–H groups in total. The number of carbonyl (C=O) groups excluding carboxylic acids is 2. The Morgan fingerprint density at radius 3 is 2.58 bits per heavy atom. The zero-order valence-electron chi connectivity index (χ0n) is 19.4.